The van der Waals surface area contributed by atoms with Gasteiger partial charge in [-0.2, -0.15) is 0 Å². The van der Waals surface area contributed by atoms with Crippen molar-refractivity contribution in [1.82, 2.24) is 0 Å². The molecule has 0 radical (unpaired) electrons. The normalized spacial score (nSPS) is 22.7. The third kappa shape index (κ3) is 7.91. The van der Waals surface area contributed by atoms with E-state index in [9.17, 15) is 0 Å². The maximum absolute atomic E-state index is 6.56. The van der Waals surface area contributed by atoms with E-state index in [0.29, 0.717) is 25.4 Å². The first-order valence-electron chi connectivity index (χ1n) is 16.1. The van der Waals surface area contributed by atoms with E-state index in [4.69, 9.17) is 18.9 Å². The van der Waals surface area contributed by atoms with Crippen molar-refractivity contribution in [2.24, 2.45) is 0 Å². The van der Waals surface area contributed by atoms with Crippen molar-refractivity contribution in [2.45, 2.75) is 156 Å². The van der Waals surface area contributed by atoms with Gasteiger partial charge in [-0.1, -0.05) is 107 Å². The summed E-state index contributed by atoms with van der Waals surface area (Å²) >= 11 is 0. The first-order valence-corrected chi connectivity index (χ1v) is 16.1. The van der Waals surface area contributed by atoms with Crippen molar-refractivity contribution in [1.29, 1.82) is 0 Å². The standard InChI is InChI=1S/C38H58O4/c1-23-31(41-23)21-39-33-27(35(3,4)5)17-25(18-28(33)36(6,7)8)15-16-26-19-29(37(9,10)11)34(30(20-26)38(12,13)14)40-22-32-24(2)42-32/h17-20,23-24,31-32H,15-16,21-22H2,1-14H3. The fourth-order valence-corrected chi connectivity index (χ4v) is 5.64. The molecule has 4 rings (SSSR count). The monoisotopic (exact) mass is 578 g/mol. The highest BCUT2D eigenvalue weighted by atomic mass is 16.6. The van der Waals surface area contributed by atoms with Gasteiger partial charge in [0.05, 0.1) is 12.2 Å². The second-order valence-electron chi connectivity index (χ2n) is 16.9. The molecule has 4 heteroatoms. The fraction of sp³-hybridized carbons (Fsp3) is 0.684. The van der Waals surface area contributed by atoms with Crippen LogP contribution in [-0.2, 0) is 44.0 Å². The summed E-state index contributed by atoms with van der Waals surface area (Å²) in [5.74, 6) is 2.09. The average molecular weight is 579 g/mol. The minimum Gasteiger partial charge on any atom is -0.490 e. The molecular weight excluding hydrogens is 520 g/mol. The molecule has 0 aliphatic carbocycles. The predicted molar refractivity (Wildman–Crippen MR) is 175 cm³/mol. The van der Waals surface area contributed by atoms with Crippen LogP contribution in [0.5, 0.6) is 11.5 Å². The lowest BCUT2D eigenvalue weighted by Gasteiger charge is -2.31. The molecule has 0 bridgehead atoms. The zero-order valence-electron chi connectivity index (χ0n) is 29.1. The summed E-state index contributed by atoms with van der Waals surface area (Å²) in [7, 11) is 0. The van der Waals surface area contributed by atoms with E-state index in [0.717, 1.165) is 24.3 Å². The van der Waals surface area contributed by atoms with E-state index in [1.54, 1.807) is 0 Å². The molecule has 234 valence electrons. The van der Waals surface area contributed by atoms with E-state index >= 15 is 0 Å². The highest BCUT2D eigenvalue weighted by Crippen LogP contribution is 2.43. The quantitative estimate of drug-likeness (QED) is 0.279. The van der Waals surface area contributed by atoms with Crippen molar-refractivity contribution < 1.29 is 18.9 Å². The van der Waals surface area contributed by atoms with Crippen LogP contribution in [0.25, 0.3) is 0 Å². The third-order valence-electron chi connectivity index (χ3n) is 8.69. The van der Waals surface area contributed by atoms with Crippen molar-refractivity contribution in [3.63, 3.8) is 0 Å². The third-order valence-corrected chi connectivity index (χ3v) is 8.69. The van der Waals surface area contributed by atoms with E-state index in [1.165, 1.54) is 33.4 Å². The summed E-state index contributed by atoms with van der Waals surface area (Å²) in [6.07, 6.45) is 2.92. The van der Waals surface area contributed by atoms with Crippen molar-refractivity contribution in [3.05, 3.63) is 57.6 Å². The molecule has 0 spiro atoms. The van der Waals surface area contributed by atoms with Gasteiger partial charge in [0.15, 0.2) is 0 Å². The number of rotatable bonds is 9. The Morgan fingerprint density at radius 2 is 0.738 bits per heavy atom. The lowest BCUT2D eigenvalue weighted by Crippen LogP contribution is -2.22. The maximum Gasteiger partial charge on any atom is 0.126 e. The minimum absolute atomic E-state index is 0.0397. The summed E-state index contributed by atoms with van der Waals surface area (Å²) in [5.41, 5.74) is 7.70. The average Bonchev–Trinajstić information content (AvgIpc) is 3.74. The number of ether oxygens (including phenoxy) is 4. The Morgan fingerprint density at radius 3 is 0.929 bits per heavy atom. The Hall–Kier alpha value is -2.04. The van der Waals surface area contributed by atoms with E-state index in [-0.39, 0.29) is 33.9 Å². The number of aryl methyl sites for hydroxylation is 2. The SMILES string of the molecule is CC1OC1COc1c(C(C)(C)C)cc(CCc2cc(C(C)(C)C)c(OCC3OC3C)c(C(C)(C)C)c2)cc1C(C)(C)C. The van der Waals surface area contributed by atoms with Crippen LogP contribution in [0.15, 0.2) is 24.3 Å². The molecule has 2 aromatic carbocycles. The summed E-state index contributed by atoms with van der Waals surface area (Å²) in [6, 6.07) is 9.58. The Kier molecular flexibility index (Phi) is 8.98. The second kappa shape index (κ2) is 11.5. The van der Waals surface area contributed by atoms with Gasteiger partial charge in [0, 0.05) is 22.3 Å². The zero-order valence-corrected chi connectivity index (χ0v) is 29.1. The molecule has 2 heterocycles. The smallest absolute Gasteiger partial charge is 0.126 e. The Balaban J connectivity index is 1.70. The minimum atomic E-state index is -0.0397. The van der Waals surface area contributed by atoms with Gasteiger partial charge in [-0.3, -0.25) is 0 Å². The van der Waals surface area contributed by atoms with Gasteiger partial charge in [-0.05, 0) is 59.5 Å². The molecule has 0 amide bonds. The molecule has 0 N–H and O–H groups in total. The van der Waals surface area contributed by atoms with Gasteiger partial charge < -0.3 is 18.9 Å². The van der Waals surface area contributed by atoms with Crippen LogP contribution < -0.4 is 9.47 Å². The molecular formula is C38H58O4. The second-order valence-corrected chi connectivity index (χ2v) is 16.9. The molecule has 4 nitrogen and oxygen atoms in total. The van der Waals surface area contributed by atoms with Crippen molar-refractivity contribution >= 4 is 0 Å². The number of hydrogen-bond acceptors (Lipinski definition) is 4. The van der Waals surface area contributed by atoms with Crippen molar-refractivity contribution in [3.8, 4) is 11.5 Å². The molecule has 0 saturated carbocycles. The summed E-state index contributed by atoms with van der Waals surface area (Å²) in [5, 5.41) is 0. The number of hydrogen-bond donors (Lipinski definition) is 0. The molecule has 0 aromatic heterocycles. The van der Waals surface area contributed by atoms with Crippen LogP contribution >= 0.6 is 0 Å². The summed E-state index contributed by atoms with van der Waals surface area (Å²) < 4.78 is 24.5. The molecule has 4 unspecified atom stereocenters. The van der Waals surface area contributed by atoms with Gasteiger partial charge in [-0.15, -0.1) is 0 Å². The maximum atomic E-state index is 6.56. The van der Waals surface area contributed by atoms with Crippen molar-refractivity contribution in [2.75, 3.05) is 13.2 Å². The molecule has 2 aromatic rings. The predicted octanol–water partition coefficient (Wildman–Crippen LogP) is 8.99. The zero-order chi connectivity index (χ0) is 31.4. The van der Waals surface area contributed by atoms with E-state index in [2.05, 4.69) is 121 Å². The molecule has 2 fully saturated rings. The van der Waals surface area contributed by atoms with Gasteiger partial charge in [-0.25, -0.2) is 0 Å². The Bertz CT molecular complexity index is 1090. The molecule has 42 heavy (non-hydrogen) atoms. The van der Waals surface area contributed by atoms with Crippen LogP contribution in [0.3, 0.4) is 0 Å². The van der Waals surface area contributed by atoms with E-state index in [1.807, 2.05) is 0 Å². The van der Waals surface area contributed by atoms with Gasteiger partial charge >= 0.3 is 0 Å². The summed E-state index contributed by atoms with van der Waals surface area (Å²) in [4.78, 5) is 0. The number of benzene rings is 2. The topological polar surface area (TPSA) is 43.5 Å². The molecule has 4 atom stereocenters. The van der Waals surface area contributed by atoms with E-state index < -0.39 is 0 Å². The van der Waals surface area contributed by atoms with Crippen LogP contribution in [0.2, 0.25) is 0 Å². The Morgan fingerprint density at radius 1 is 0.500 bits per heavy atom. The first-order chi connectivity index (χ1) is 19.2. The summed E-state index contributed by atoms with van der Waals surface area (Å²) in [6.45, 7) is 32.9. The van der Waals surface area contributed by atoms with Crippen LogP contribution in [-0.4, -0.2) is 37.6 Å². The lowest BCUT2D eigenvalue weighted by atomic mass is 9.77. The fourth-order valence-electron chi connectivity index (χ4n) is 5.64. The van der Waals surface area contributed by atoms with Crippen LogP contribution in [0.4, 0.5) is 0 Å². The highest BCUT2D eigenvalue weighted by Gasteiger charge is 2.37. The van der Waals surface area contributed by atoms with Gasteiger partial charge in [0.2, 0.25) is 0 Å². The van der Waals surface area contributed by atoms with Gasteiger partial charge in [0.25, 0.3) is 0 Å². The van der Waals surface area contributed by atoms with Crippen LogP contribution in [0.1, 0.15) is 130 Å². The number of epoxide rings is 2. The van der Waals surface area contributed by atoms with Crippen LogP contribution in [0, 0.1) is 0 Å². The highest BCUT2D eigenvalue weighted by molar-refractivity contribution is 5.53. The Labute approximate surface area is 256 Å². The largest absolute Gasteiger partial charge is 0.490 e. The first kappa shape index (κ1) is 32.9. The lowest BCUT2D eigenvalue weighted by molar-refractivity contribution is 0.251. The molecule has 2 aliphatic heterocycles. The van der Waals surface area contributed by atoms with Gasteiger partial charge in [0.1, 0.15) is 36.9 Å². The molecule has 2 aliphatic rings. The molecule has 2 saturated heterocycles.